The normalized spacial score (nSPS) is 14.1. The van der Waals surface area contributed by atoms with Crippen LogP contribution in [0.1, 0.15) is 46.0 Å². The Morgan fingerprint density at radius 1 is 0.889 bits per heavy atom. The van der Waals surface area contributed by atoms with Crippen LogP contribution in [-0.2, 0) is 24.0 Å². The summed E-state index contributed by atoms with van der Waals surface area (Å²) in [5.41, 5.74) is 21.6. The van der Waals surface area contributed by atoms with Crippen molar-refractivity contribution in [2.45, 2.75) is 70.1 Å². The lowest BCUT2D eigenvalue weighted by molar-refractivity contribution is -0.142. The van der Waals surface area contributed by atoms with Crippen molar-refractivity contribution in [1.29, 1.82) is 0 Å². The first-order chi connectivity index (χ1) is 16.8. The number of hydrogen-bond acceptors (Lipinski definition) is 8. The molecule has 0 bridgehead atoms. The fourth-order valence-electron chi connectivity index (χ4n) is 3.03. The van der Waals surface area contributed by atoms with Gasteiger partial charge in [-0.05, 0) is 43.6 Å². The van der Waals surface area contributed by atoms with Gasteiger partial charge in [-0.15, -0.1) is 0 Å². The average Bonchev–Trinajstić information content (AvgIpc) is 2.78. The second-order valence-corrected chi connectivity index (χ2v) is 9.52. The van der Waals surface area contributed by atoms with E-state index in [1.165, 1.54) is 11.8 Å². The number of rotatable bonds is 18. The van der Waals surface area contributed by atoms with Crippen molar-refractivity contribution >= 4 is 47.3 Å². The van der Waals surface area contributed by atoms with Crippen molar-refractivity contribution in [3.8, 4) is 0 Å². The lowest BCUT2D eigenvalue weighted by Gasteiger charge is -2.27. The van der Waals surface area contributed by atoms with E-state index in [4.69, 9.17) is 22.9 Å². The minimum absolute atomic E-state index is 0.0709. The Morgan fingerprint density at radius 3 is 2.00 bits per heavy atom. The first-order valence-electron chi connectivity index (χ1n) is 11.5. The lowest BCUT2D eigenvalue weighted by atomic mass is 10.0. The molecular weight excluding hydrogens is 492 g/mol. The molecule has 0 saturated heterocycles. The van der Waals surface area contributed by atoms with E-state index in [0.717, 1.165) is 0 Å². The zero-order valence-electron chi connectivity index (χ0n) is 21.0. The molecule has 0 radical (unpaired) electrons. The van der Waals surface area contributed by atoms with Gasteiger partial charge in [0.05, 0.1) is 6.04 Å². The Bertz CT molecular complexity index is 790. The van der Waals surface area contributed by atoms with E-state index >= 15 is 0 Å². The smallest absolute Gasteiger partial charge is 0.326 e. The molecule has 14 nitrogen and oxygen atoms in total. The second kappa shape index (κ2) is 17.4. The third-order valence-corrected chi connectivity index (χ3v) is 5.73. The minimum atomic E-state index is -1.24. The number of amides is 4. The van der Waals surface area contributed by atoms with Crippen LogP contribution in [0, 0.1) is 5.92 Å². The molecule has 36 heavy (non-hydrogen) atoms. The number of nitrogens with zero attached hydrogens (tertiary/aromatic N) is 1. The van der Waals surface area contributed by atoms with Gasteiger partial charge >= 0.3 is 5.97 Å². The summed E-state index contributed by atoms with van der Waals surface area (Å²) >= 11 is 1.42. The van der Waals surface area contributed by atoms with E-state index in [1.54, 1.807) is 20.1 Å². The molecule has 0 spiro atoms. The third-order valence-electron chi connectivity index (χ3n) is 5.09. The van der Waals surface area contributed by atoms with Gasteiger partial charge in [0.2, 0.25) is 23.6 Å². The monoisotopic (exact) mass is 532 g/mol. The summed E-state index contributed by atoms with van der Waals surface area (Å²) in [6, 6.07) is -4.38. The van der Waals surface area contributed by atoms with Crippen LogP contribution in [0.4, 0.5) is 0 Å². The molecule has 0 aliphatic heterocycles. The molecule has 0 aliphatic rings. The fraction of sp³-hybridized carbons (Fsp3) is 0.714. The Kier molecular flexibility index (Phi) is 15.9. The van der Waals surface area contributed by atoms with Crippen molar-refractivity contribution in [3.63, 3.8) is 0 Å². The predicted octanol–water partition coefficient (Wildman–Crippen LogP) is -2.42. The van der Waals surface area contributed by atoms with Crippen molar-refractivity contribution < 1.29 is 29.1 Å². The van der Waals surface area contributed by atoms with Crippen LogP contribution in [-0.4, -0.2) is 83.4 Å². The number of primary amides is 1. The van der Waals surface area contributed by atoms with Gasteiger partial charge in [-0.1, -0.05) is 13.8 Å². The van der Waals surface area contributed by atoms with Crippen molar-refractivity contribution in [2.24, 2.45) is 33.8 Å². The van der Waals surface area contributed by atoms with Crippen molar-refractivity contribution in [3.05, 3.63) is 0 Å². The number of nitrogens with two attached hydrogens (primary N) is 4. The van der Waals surface area contributed by atoms with Gasteiger partial charge in [-0.25, -0.2) is 4.79 Å². The molecule has 0 heterocycles. The number of carboxylic acids is 1. The molecule has 15 heteroatoms. The highest BCUT2D eigenvalue weighted by atomic mass is 32.2. The number of hydrogen-bond donors (Lipinski definition) is 8. The molecular formula is C21H40N8O6S. The number of carbonyl (C=O) groups is 5. The molecule has 0 fully saturated rings. The van der Waals surface area contributed by atoms with Crippen LogP contribution < -0.4 is 38.9 Å². The highest BCUT2D eigenvalue weighted by Gasteiger charge is 2.31. The first kappa shape index (κ1) is 32.9. The van der Waals surface area contributed by atoms with Gasteiger partial charge in [-0.3, -0.25) is 24.2 Å². The zero-order valence-corrected chi connectivity index (χ0v) is 21.8. The number of nitrogens with one attached hydrogen (secondary N) is 3. The molecule has 0 aliphatic carbocycles. The van der Waals surface area contributed by atoms with Crippen LogP contribution in [0.5, 0.6) is 0 Å². The highest BCUT2D eigenvalue weighted by molar-refractivity contribution is 7.98. The topological polar surface area (TPSA) is 258 Å². The maximum Gasteiger partial charge on any atom is 0.326 e. The summed E-state index contributed by atoms with van der Waals surface area (Å²) in [5, 5.41) is 16.9. The third kappa shape index (κ3) is 13.7. The van der Waals surface area contributed by atoms with Gasteiger partial charge < -0.3 is 44.0 Å². The maximum absolute atomic E-state index is 13.0. The molecule has 4 amide bonds. The van der Waals surface area contributed by atoms with Crippen LogP contribution >= 0.6 is 11.8 Å². The molecule has 0 aromatic carbocycles. The molecule has 12 N–H and O–H groups in total. The summed E-state index contributed by atoms with van der Waals surface area (Å²) in [4.78, 5) is 64.9. The molecule has 0 aromatic rings. The largest absolute Gasteiger partial charge is 0.480 e. The van der Waals surface area contributed by atoms with Crippen LogP contribution in [0.2, 0.25) is 0 Å². The summed E-state index contributed by atoms with van der Waals surface area (Å²) in [7, 11) is 0. The fourth-order valence-corrected chi connectivity index (χ4v) is 3.50. The summed E-state index contributed by atoms with van der Waals surface area (Å²) in [6.45, 7) is 3.68. The van der Waals surface area contributed by atoms with Gasteiger partial charge in [0.1, 0.15) is 18.1 Å². The molecule has 0 saturated carbocycles. The molecule has 4 unspecified atom stereocenters. The summed E-state index contributed by atoms with van der Waals surface area (Å²) in [6.07, 6.45) is 2.31. The maximum atomic E-state index is 13.0. The lowest BCUT2D eigenvalue weighted by Crippen LogP contribution is -2.58. The summed E-state index contributed by atoms with van der Waals surface area (Å²) < 4.78 is 0. The zero-order chi connectivity index (χ0) is 27.8. The number of carbonyl (C=O) groups excluding carboxylic acids is 4. The van der Waals surface area contributed by atoms with Gasteiger partial charge in [0.25, 0.3) is 0 Å². The van der Waals surface area contributed by atoms with E-state index in [2.05, 4.69) is 20.9 Å². The highest BCUT2D eigenvalue weighted by Crippen LogP contribution is 2.08. The quantitative estimate of drug-likeness (QED) is 0.0526. The van der Waals surface area contributed by atoms with Crippen molar-refractivity contribution in [2.75, 3.05) is 18.6 Å². The number of aliphatic carboxylic acids is 1. The summed E-state index contributed by atoms with van der Waals surface area (Å²) in [5.74, 6) is -3.92. The Hall–Kier alpha value is -3.07. The number of guanidine groups is 1. The van der Waals surface area contributed by atoms with E-state index in [0.29, 0.717) is 18.7 Å². The van der Waals surface area contributed by atoms with E-state index in [9.17, 15) is 29.1 Å². The predicted molar refractivity (Wildman–Crippen MR) is 138 cm³/mol. The van der Waals surface area contributed by atoms with Crippen molar-refractivity contribution in [1.82, 2.24) is 16.0 Å². The van der Waals surface area contributed by atoms with E-state index < -0.39 is 53.8 Å². The number of thioether (sulfide) groups is 1. The molecule has 4 atom stereocenters. The second-order valence-electron chi connectivity index (χ2n) is 8.53. The number of carboxylic acid groups (broad SMARTS) is 1. The Morgan fingerprint density at radius 2 is 1.50 bits per heavy atom. The average molecular weight is 533 g/mol. The molecule has 206 valence electrons. The minimum Gasteiger partial charge on any atom is -0.480 e. The molecule has 0 aromatic heterocycles. The van der Waals surface area contributed by atoms with Crippen LogP contribution in [0.25, 0.3) is 0 Å². The van der Waals surface area contributed by atoms with Crippen LogP contribution in [0.3, 0.4) is 0 Å². The molecule has 0 rings (SSSR count). The van der Waals surface area contributed by atoms with E-state index in [-0.39, 0.29) is 37.6 Å². The van der Waals surface area contributed by atoms with Gasteiger partial charge in [0.15, 0.2) is 5.96 Å². The van der Waals surface area contributed by atoms with Gasteiger partial charge in [-0.2, -0.15) is 11.8 Å². The van der Waals surface area contributed by atoms with Gasteiger partial charge in [0, 0.05) is 13.0 Å². The Balaban J connectivity index is 5.36. The number of aliphatic imine (C=N–C) groups is 1. The Labute approximate surface area is 215 Å². The standard InChI is InChI=1S/C21H40N8O6S/c1-11(2)16(29-17(31)12(22)5-4-9-26-21(24)25)19(33)27-13(6-7-15(23)30)18(32)28-14(20(34)35)8-10-36-3/h11-14,16H,4-10,22H2,1-3H3,(H2,23,30)(H,27,33)(H,28,32)(H,29,31)(H,34,35)(H4,24,25,26). The van der Waals surface area contributed by atoms with E-state index in [1.807, 2.05) is 0 Å². The first-order valence-corrected chi connectivity index (χ1v) is 12.9. The van der Waals surface area contributed by atoms with Crippen LogP contribution in [0.15, 0.2) is 4.99 Å². The SMILES string of the molecule is CSCCC(NC(=O)C(CCC(N)=O)NC(=O)C(NC(=O)C(N)CCCN=C(N)N)C(C)C)C(=O)O.